The number of nitrogens with one attached hydrogen (secondary N) is 8. The first-order valence-electron chi connectivity index (χ1n) is 17.0. The molecule has 57 heavy (non-hydrogen) atoms. The smallest absolute Gasteiger partial charge is 0.245 e. The number of hydrogen-bond donors (Lipinski definition) is 14. The van der Waals surface area contributed by atoms with E-state index in [0.717, 1.165) is 6.92 Å². The molecule has 1 fully saturated rings. The Morgan fingerprint density at radius 2 is 0.912 bits per heavy atom. The largest absolute Gasteiger partial charge is 0.508 e. The summed E-state index contributed by atoms with van der Waals surface area (Å²) in [5, 5.41) is 46.7. The summed E-state index contributed by atoms with van der Waals surface area (Å²) in [5.41, 5.74) is 16.0. The summed E-state index contributed by atoms with van der Waals surface area (Å²) in [5.74, 6) is -12.9. The van der Waals surface area contributed by atoms with Gasteiger partial charge in [-0.05, 0) is 24.6 Å². The molecule has 11 amide bonds. The summed E-state index contributed by atoms with van der Waals surface area (Å²) in [6.45, 7) is -2.04. The highest BCUT2D eigenvalue weighted by Crippen LogP contribution is 2.12. The minimum atomic E-state index is -1.89. The second kappa shape index (κ2) is 21.9. The summed E-state index contributed by atoms with van der Waals surface area (Å²) in [6.07, 6.45) is -2.91. The fourth-order valence-electron chi connectivity index (χ4n) is 5.00. The Balaban J connectivity index is 2.57. The maximum Gasteiger partial charge on any atom is 0.245 e. The van der Waals surface area contributed by atoms with Gasteiger partial charge in [-0.25, -0.2) is 0 Å². The standard InChI is InChI=1S/C32H45N11O14/c1-13-26(51)42-20(11-44)31(56)39-16(6-14-2-4-15(46)5-3-14)29(54)40-17(7-22(33)47)27(52)36-10-25(50)38-18(8-23(34)48)30(55)43-21(12-45)32(57)41-19(9-24(35)49)28(53)37-13/h2-5,13,16-21,44-46H,6-12H2,1H3,(H2,33,47)(H2,34,48)(H2,35,49)(H,36,52)(H,37,53)(H,38,50)(H,39,56)(H,40,54)(H,41,57)(H,42,51)(H,43,55)/t13-,16-,17-,18-,19-,20-,21-/m0/s1. The van der Waals surface area contributed by atoms with E-state index in [-0.39, 0.29) is 12.2 Å². The van der Waals surface area contributed by atoms with Crippen molar-refractivity contribution < 1.29 is 68.1 Å². The number of amides is 11. The van der Waals surface area contributed by atoms with Crippen LogP contribution in [0.1, 0.15) is 31.7 Å². The Morgan fingerprint density at radius 1 is 0.544 bits per heavy atom. The molecule has 0 bridgehead atoms. The second-order valence-corrected chi connectivity index (χ2v) is 12.6. The molecule has 0 aliphatic carbocycles. The molecule has 2 rings (SSSR count). The number of aliphatic hydroxyl groups excluding tert-OH is 2. The number of phenolic OH excluding ortho intramolecular Hbond substituents is 1. The lowest BCUT2D eigenvalue weighted by atomic mass is 10.0. The van der Waals surface area contributed by atoms with Crippen LogP contribution < -0.4 is 59.7 Å². The number of primary amides is 3. The molecular formula is C32H45N11O14. The molecule has 1 aliphatic heterocycles. The summed E-state index contributed by atoms with van der Waals surface area (Å²) in [7, 11) is 0. The predicted molar refractivity (Wildman–Crippen MR) is 190 cm³/mol. The second-order valence-electron chi connectivity index (χ2n) is 12.6. The summed E-state index contributed by atoms with van der Waals surface area (Å²) >= 11 is 0. The average Bonchev–Trinajstić information content (AvgIpc) is 3.13. The van der Waals surface area contributed by atoms with Crippen LogP contribution in [0.25, 0.3) is 0 Å². The van der Waals surface area contributed by atoms with E-state index in [0.29, 0.717) is 5.56 Å². The minimum Gasteiger partial charge on any atom is -0.508 e. The zero-order chi connectivity index (χ0) is 43.0. The van der Waals surface area contributed by atoms with E-state index in [1.165, 1.54) is 24.3 Å². The van der Waals surface area contributed by atoms with Gasteiger partial charge in [0.1, 0.15) is 48.0 Å². The van der Waals surface area contributed by atoms with Crippen molar-refractivity contribution in [1.82, 2.24) is 42.5 Å². The molecule has 0 spiro atoms. The molecule has 1 aromatic rings. The van der Waals surface area contributed by atoms with Crippen LogP contribution in [-0.4, -0.2) is 142 Å². The van der Waals surface area contributed by atoms with Crippen LogP contribution >= 0.6 is 0 Å². The highest BCUT2D eigenvalue weighted by molar-refractivity contribution is 6.00. The van der Waals surface area contributed by atoms with E-state index in [4.69, 9.17) is 17.2 Å². The third-order valence-corrected chi connectivity index (χ3v) is 7.95. The van der Waals surface area contributed by atoms with Gasteiger partial charge in [0.15, 0.2) is 0 Å². The van der Waals surface area contributed by atoms with Crippen LogP contribution in [0.3, 0.4) is 0 Å². The van der Waals surface area contributed by atoms with Crippen LogP contribution in [0.15, 0.2) is 24.3 Å². The van der Waals surface area contributed by atoms with Crippen molar-refractivity contribution in [1.29, 1.82) is 0 Å². The zero-order valence-electron chi connectivity index (χ0n) is 30.4. The summed E-state index contributed by atoms with van der Waals surface area (Å²) in [6, 6.07) is -6.97. The maximum absolute atomic E-state index is 13.6. The van der Waals surface area contributed by atoms with Gasteiger partial charge in [-0.15, -0.1) is 0 Å². The summed E-state index contributed by atoms with van der Waals surface area (Å²) < 4.78 is 0. The first-order chi connectivity index (χ1) is 26.7. The van der Waals surface area contributed by atoms with E-state index < -0.39 is 146 Å². The van der Waals surface area contributed by atoms with Crippen LogP contribution in [0, 0.1) is 0 Å². The molecule has 0 aromatic heterocycles. The lowest BCUT2D eigenvalue weighted by Crippen LogP contribution is -2.61. The molecule has 1 heterocycles. The molecule has 25 heteroatoms. The number of benzene rings is 1. The van der Waals surface area contributed by atoms with Crippen LogP contribution in [0.2, 0.25) is 0 Å². The van der Waals surface area contributed by atoms with Gasteiger partial charge >= 0.3 is 0 Å². The highest BCUT2D eigenvalue weighted by Gasteiger charge is 2.34. The number of carbonyl (C=O) groups is 11. The van der Waals surface area contributed by atoms with Crippen molar-refractivity contribution in [3.63, 3.8) is 0 Å². The topological polar surface area (TPSA) is 423 Å². The van der Waals surface area contributed by atoms with Gasteiger partial charge in [-0.1, -0.05) is 12.1 Å². The Hall–Kier alpha value is -6.89. The third-order valence-electron chi connectivity index (χ3n) is 7.95. The van der Waals surface area contributed by atoms with E-state index in [1.54, 1.807) is 0 Å². The van der Waals surface area contributed by atoms with Gasteiger partial charge in [0.05, 0.1) is 39.0 Å². The van der Waals surface area contributed by atoms with Crippen molar-refractivity contribution in [2.24, 2.45) is 17.2 Å². The Bertz CT molecular complexity index is 1720. The highest BCUT2D eigenvalue weighted by atomic mass is 16.3. The number of carbonyl (C=O) groups excluding carboxylic acids is 11. The minimum absolute atomic E-state index is 0.147. The zero-order valence-corrected chi connectivity index (χ0v) is 30.4. The van der Waals surface area contributed by atoms with Crippen molar-refractivity contribution in [3.8, 4) is 5.75 Å². The van der Waals surface area contributed by atoms with Crippen LogP contribution in [0.4, 0.5) is 0 Å². The quantitative estimate of drug-likeness (QED) is 0.104. The molecule has 1 saturated heterocycles. The molecule has 0 saturated carbocycles. The fraction of sp³-hybridized carbons (Fsp3) is 0.469. The fourth-order valence-corrected chi connectivity index (χ4v) is 5.00. The van der Waals surface area contributed by atoms with Crippen molar-refractivity contribution in [2.45, 2.75) is 74.9 Å². The van der Waals surface area contributed by atoms with Gasteiger partial charge in [0.25, 0.3) is 0 Å². The summed E-state index contributed by atoms with van der Waals surface area (Å²) in [4.78, 5) is 141. The van der Waals surface area contributed by atoms with Crippen molar-refractivity contribution in [2.75, 3.05) is 19.8 Å². The van der Waals surface area contributed by atoms with Crippen LogP contribution in [0.5, 0.6) is 5.75 Å². The molecule has 17 N–H and O–H groups in total. The van der Waals surface area contributed by atoms with E-state index in [2.05, 4.69) is 37.2 Å². The van der Waals surface area contributed by atoms with E-state index in [9.17, 15) is 68.1 Å². The molecule has 1 aliphatic rings. The molecule has 7 atom stereocenters. The Labute approximate surface area is 322 Å². The molecule has 0 unspecified atom stereocenters. The number of hydrogen-bond acceptors (Lipinski definition) is 14. The lowest BCUT2D eigenvalue weighted by Gasteiger charge is -2.26. The average molecular weight is 808 g/mol. The molecular weight excluding hydrogens is 762 g/mol. The van der Waals surface area contributed by atoms with Gasteiger partial charge in [-0.2, -0.15) is 0 Å². The number of nitrogens with two attached hydrogens (primary N) is 3. The predicted octanol–water partition coefficient (Wildman–Crippen LogP) is -8.91. The Morgan fingerprint density at radius 3 is 1.39 bits per heavy atom. The van der Waals surface area contributed by atoms with Crippen molar-refractivity contribution in [3.05, 3.63) is 29.8 Å². The normalized spacial score (nSPS) is 25.1. The lowest BCUT2D eigenvalue weighted by molar-refractivity contribution is -0.137. The molecule has 25 nitrogen and oxygen atoms in total. The maximum atomic E-state index is 13.6. The van der Waals surface area contributed by atoms with Gasteiger partial charge in [0, 0.05) is 6.42 Å². The molecule has 1 aromatic carbocycles. The van der Waals surface area contributed by atoms with E-state index in [1.807, 2.05) is 5.32 Å². The SMILES string of the molecule is C[C@@H]1NC(=O)[C@H](CC(N)=O)NC(=O)[C@H](CO)NC(=O)[C@H](CC(N)=O)NC(=O)CNC(=O)[C@H](CC(N)=O)NC(=O)[C@H](Cc2ccc(O)cc2)NC(=O)[C@H](CO)NC1=O. The first-order valence-corrected chi connectivity index (χ1v) is 17.0. The number of phenols is 1. The number of aliphatic hydroxyl groups is 2. The van der Waals surface area contributed by atoms with Gasteiger partial charge in [-0.3, -0.25) is 52.7 Å². The monoisotopic (exact) mass is 807 g/mol. The van der Waals surface area contributed by atoms with Gasteiger partial charge in [0.2, 0.25) is 65.0 Å². The van der Waals surface area contributed by atoms with Crippen molar-refractivity contribution >= 4 is 65.0 Å². The van der Waals surface area contributed by atoms with Gasteiger partial charge < -0.3 is 75.1 Å². The first kappa shape index (κ1) is 46.3. The third kappa shape index (κ3) is 15.4. The number of aromatic hydroxyl groups is 1. The van der Waals surface area contributed by atoms with E-state index >= 15 is 0 Å². The molecule has 312 valence electrons. The Kier molecular flexibility index (Phi) is 17.7. The van der Waals surface area contributed by atoms with Crippen LogP contribution in [-0.2, 0) is 59.2 Å². The molecule has 0 radical (unpaired) electrons. The number of rotatable bonds is 10.